The number of benzene rings is 1. The lowest BCUT2D eigenvalue weighted by Gasteiger charge is -2.10. The Bertz CT molecular complexity index is 1270. The molecule has 1 N–H and O–H groups in total. The highest BCUT2D eigenvalue weighted by Crippen LogP contribution is 2.20. The fraction of sp³-hybridized carbons (Fsp3) is 0.217. The van der Waals surface area contributed by atoms with E-state index < -0.39 is 0 Å². The highest BCUT2D eigenvalue weighted by atomic mass is 32.1. The van der Waals surface area contributed by atoms with Gasteiger partial charge in [-0.3, -0.25) is 9.20 Å². The average Bonchev–Trinajstić information content (AvgIpc) is 3.42. The maximum atomic E-state index is 12.2. The number of hydrogen-bond donors (Lipinski definition) is 1. The molecule has 32 heavy (non-hydrogen) atoms. The van der Waals surface area contributed by atoms with Gasteiger partial charge in [-0.2, -0.15) is 5.10 Å². The van der Waals surface area contributed by atoms with Crippen molar-refractivity contribution in [3.8, 4) is 5.69 Å². The Morgan fingerprint density at radius 1 is 1.25 bits per heavy atom. The van der Waals surface area contributed by atoms with Crippen molar-refractivity contribution in [2.45, 2.75) is 27.2 Å². The standard InChI is InChI=1S/C23H23N5O3S/c1-4-31-22(30)17-5-7-20(8-6-17)28-15(2)11-18(16(28)3)13-24-26-21(29)12-19-14-27-9-10-32-23(27)25-19/h5-11,13-14H,4,12H2,1-3H3,(H,26,29). The van der Waals surface area contributed by atoms with Crippen LogP contribution in [0.2, 0.25) is 0 Å². The van der Waals surface area contributed by atoms with Gasteiger partial charge in [0.05, 0.1) is 30.5 Å². The van der Waals surface area contributed by atoms with Crippen molar-refractivity contribution in [1.82, 2.24) is 19.4 Å². The molecule has 0 bridgehead atoms. The molecular weight excluding hydrogens is 426 g/mol. The number of carbonyl (C=O) groups excluding carboxylic acids is 2. The predicted octanol–water partition coefficient (Wildman–Crippen LogP) is 3.67. The molecule has 0 atom stereocenters. The number of aryl methyl sites for hydroxylation is 1. The third kappa shape index (κ3) is 4.47. The van der Waals surface area contributed by atoms with Crippen LogP contribution in [0.4, 0.5) is 0 Å². The Balaban J connectivity index is 1.43. The summed E-state index contributed by atoms with van der Waals surface area (Å²) in [4.78, 5) is 29.3. The van der Waals surface area contributed by atoms with Crippen LogP contribution in [0, 0.1) is 13.8 Å². The van der Waals surface area contributed by atoms with Crippen molar-refractivity contribution in [2.24, 2.45) is 5.10 Å². The molecule has 0 saturated heterocycles. The Kier molecular flexibility index (Phi) is 6.18. The molecule has 4 aromatic rings. The molecule has 1 amide bonds. The first kappa shape index (κ1) is 21.5. The van der Waals surface area contributed by atoms with E-state index in [0.29, 0.717) is 17.9 Å². The minimum atomic E-state index is -0.334. The van der Waals surface area contributed by atoms with Crippen LogP contribution in [0.15, 0.2) is 53.2 Å². The molecule has 9 heteroatoms. The smallest absolute Gasteiger partial charge is 0.338 e. The van der Waals surface area contributed by atoms with E-state index in [-0.39, 0.29) is 18.3 Å². The summed E-state index contributed by atoms with van der Waals surface area (Å²) < 4.78 is 8.99. The molecule has 3 aromatic heterocycles. The monoisotopic (exact) mass is 449 g/mol. The van der Waals surface area contributed by atoms with Gasteiger partial charge in [0.1, 0.15) is 0 Å². The van der Waals surface area contributed by atoms with E-state index in [4.69, 9.17) is 4.74 Å². The topological polar surface area (TPSA) is 90.0 Å². The van der Waals surface area contributed by atoms with Crippen molar-refractivity contribution in [3.63, 3.8) is 0 Å². The summed E-state index contributed by atoms with van der Waals surface area (Å²) in [5, 5.41) is 6.06. The van der Waals surface area contributed by atoms with E-state index in [2.05, 4.69) is 20.1 Å². The quantitative estimate of drug-likeness (QED) is 0.265. The molecule has 1 aromatic carbocycles. The summed E-state index contributed by atoms with van der Waals surface area (Å²) in [5.74, 6) is -0.561. The Morgan fingerprint density at radius 2 is 2.03 bits per heavy atom. The number of hydrogen-bond acceptors (Lipinski definition) is 6. The number of fused-ring (bicyclic) bond motifs is 1. The summed E-state index contributed by atoms with van der Waals surface area (Å²) in [6.45, 7) is 6.10. The van der Waals surface area contributed by atoms with Crippen molar-refractivity contribution in [3.05, 3.63) is 76.3 Å². The molecule has 0 spiro atoms. The average molecular weight is 450 g/mol. The van der Waals surface area contributed by atoms with Gasteiger partial charge in [-0.05, 0) is 51.1 Å². The second-order valence-electron chi connectivity index (χ2n) is 7.22. The van der Waals surface area contributed by atoms with Gasteiger partial charge in [-0.15, -0.1) is 11.3 Å². The van der Waals surface area contributed by atoms with Gasteiger partial charge in [0.2, 0.25) is 5.91 Å². The van der Waals surface area contributed by atoms with Crippen LogP contribution in [0.25, 0.3) is 10.6 Å². The van der Waals surface area contributed by atoms with Crippen molar-refractivity contribution < 1.29 is 14.3 Å². The molecule has 164 valence electrons. The highest BCUT2D eigenvalue weighted by Gasteiger charge is 2.12. The third-order valence-electron chi connectivity index (χ3n) is 4.98. The van der Waals surface area contributed by atoms with Crippen LogP contribution < -0.4 is 5.43 Å². The number of nitrogens with one attached hydrogen (secondary N) is 1. The number of thiazole rings is 1. The number of hydrazone groups is 1. The number of nitrogens with zero attached hydrogens (tertiary/aromatic N) is 4. The minimum Gasteiger partial charge on any atom is -0.462 e. The normalized spacial score (nSPS) is 11.3. The summed E-state index contributed by atoms with van der Waals surface area (Å²) in [5.41, 5.74) is 7.58. The number of carbonyl (C=O) groups is 2. The lowest BCUT2D eigenvalue weighted by atomic mass is 10.2. The number of imidazole rings is 1. The number of ether oxygens (including phenoxy) is 1. The van der Waals surface area contributed by atoms with E-state index in [9.17, 15) is 9.59 Å². The fourth-order valence-electron chi connectivity index (χ4n) is 3.52. The van der Waals surface area contributed by atoms with E-state index in [0.717, 1.165) is 27.6 Å². The fourth-order valence-corrected chi connectivity index (χ4v) is 4.23. The zero-order chi connectivity index (χ0) is 22.7. The Morgan fingerprint density at radius 3 is 2.75 bits per heavy atom. The van der Waals surface area contributed by atoms with E-state index in [1.54, 1.807) is 25.3 Å². The second kappa shape index (κ2) is 9.19. The summed E-state index contributed by atoms with van der Waals surface area (Å²) in [7, 11) is 0. The Labute approximate surface area is 189 Å². The van der Waals surface area contributed by atoms with Gasteiger partial charge in [0, 0.05) is 40.4 Å². The third-order valence-corrected chi connectivity index (χ3v) is 5.76. The van der Waals surface area contributed by atoms with Crippen LogP contribution in [-0.2, 0) is 16.0 Å². The van der Waals surface area contributed by atoms with Gasteiger partial charge < -0.3 is 9.30 Å². The van der Waals surface area contributed by atoms with Gasteiger partial charge in [0.25, 0.3) is 0 Å². The van der Waals surface area contributed by atoms with E-state index in [1.165, 1.54) is 11.3 Å². The zero-order valence-electron chi connectivity index (χ0n) is 18.0. The van der Waals surface area contributed by atoms with Gasteiger partial charge in [-0.25, -0.2) is 15.2 Å². The maximum absolute atomic E-state index is 12.2. The molecule has 3 heterocycles. The molecule has 0 unspecified atom stereocenters. The van der Waals surface area contributed by atoms with Crippen molar-refractivity contribution in [1.29, 1.82) is 0 Å². The lowest BCUT2D eigenvalue weighted by molar-refractivity contribution is -0.120. The largest absolute Gasteiger partial charge is 0.462 e. The van der Waals surface area contributed by atoms with E-state index in [1.807, 2.05) is 54.2 Å². The molecular formula is C23H23N5O3S. The number of rotatable bonds is 7. The van der Waals surface area contributed by atoms with Crippen LogP contribution in [-0.4, -0.2) is 38.6 Å². The second-order valence-corrected chi connectivity index (χ2v) is 8.10. The SMILES string of the molecule is CCOC(=O)c1ccc(-n2c(C)cc(C=NNC(=O)Cc3cn4ccsc4n3)c2C)cc1. The molecule has 0 radical (unpaired) electrons. The summed E-state index contributed by atoms with van der Waals surface area (Å²) >= 11 is 1.52. The number of aromatic nitrogens is 3. The minimum absolute atomic E-state index is 0.164. The molecule has 8 nitrogen and oxygen atoms in total. The summed E-state index contributed by atoms with van der Waals surface area (Å²) in [6, 6.07) is 9.25. The van der Waals surface area contributed by atoms with Crippen LogP contribution in [0.1, 0.15) is 39.9 Å². The molecule has 0 aliphatic rings. The summed E-state index contributed by atoms with van der Waals surface area (Å²) in [6.07, 6.45) is 5.55. The molecule has 0 aliphatic carbocycles. The first-order valence-corrected chi connectivity index (χ1v) is 11.0. The first-order chi connectivity index (χ1) is 15.5. The Hall–Kier alpha value is -3.72. The maximum Gasteiger partial charge on any atom is 0.338 e. The highest BCUT2D eigenvalue weighted by molar-refractivity contribution is 7.15. The lowest BCUT2D eigenvalue weighted by Crippen LogP contribution is -2.20. The van der Waals surface area contributed by atoms with Gasteiger partial charge in [0.15, 0.2) is 4.96 Å². The van der Waals surface area contributed by atoms with Gasteiger partial charge >= 0.3 is 5.97 Å². The molecule has 0 aliphatic heterocycles. The number of amides is 1. The van der Waals surface area contributed by atoms with Crippen molar-refractivity contribution in [2.75, 3.05) is 6.61 Å². The molecule has 4 rings (SSSR count). The van der Waals surface area contributed by atoms with E-state index >= 15 is 0 Å². The van der Waals surface area contributed by atoms with Crippen LogP contribution >= 0.6 is 11.3 Å². The van der Waals surface area contributed by atoms with Crippen LogP contribution in [0.5, 0.6) is 0 Å². The van der Waals surface area contributed by atoms with Crippen molar-refractivity contribution >= 4 is 34.4 Å². The molecule has 0 fully saturated rings. The first-order valence-electron chi connectivity index (χ1n) is 10.2. The number of esters is 1. The van der Waals surface area contributed by atoms with Gasteiger partial charge in [-0.1, -0.05) is 0 Å². The zero-order valence-corrected chi connectivity index (χ0v) is 18.8. The molecule has 0 saturated carbocycles. The van der Waals surface area contributed by atoms with Crippen LogP contribution in [0.3, 0.4) is 0 Å². The predicted molar refractivity (Wildman–Crippen MR) is 124 cm³/mol.